The predicted octanol–water partition coefficient (Wildman–Crippen LogP) is 7.49. The highest BCUT2D eigenvalue weighted by molar-refractivity contribution is 5.70. The Balaban J connectivity index is 1.81. The van der Waals surface area contributed by atoms with Gasteiger partial charge in [0.15, 0.2) is 18.7 Å². The van der Waals surface area contributed by atoms with Crippen LogP contribution in [-0.2, 0) is 38.0 Å². The first kappa shape index (κ1) is 61.6. The van der Waals surface area contributed by atoms with Gasteiger partial charge in [-0.25, -0.2) is 0 Å². The summed E-state index contributed by atoms with van der Waals surface area (Å²) in [4.78, 5) is 25.8. The van der Waals surface area contributed by atoms with E-state index in [1.165, 1.54) is 44.9 Å². The number of aliphatic hydroxyl groups excluding tert-OH is 7. The summed E-state index contributed by atoms with van der Waals surface area (Å²) in [5.41, 5.74) is 0. The summed E-state index contributed by atoms with van der Waals surface area (Å²) in [5.74, 6) is -0.951. The fraction of sp³-hybridized carbons (Fsp3) is 0.811. The number of hydrogen-bond acceptors (Lipinski definition) is 15. The number of esters is 2. The lowest BCUT2D eigenvalue weighted by atomic mass is 9.98. The molecule has 0 aromatic heterocycles. The number of rotatable bonds is 40. The van der Waals surface area contributed by atoms with Gasteiger partial charge < -0.3 is 64.2 Å². The van der Waals surface area contributed by atoms with Crippen LogP contribution >= 0.6 is 0 Å². The van der Waals surface area contributed by atoms with Gasteiger partial charge in [0.25, 0.3) is 0 Å². The second kappa shape index (κ2) is 40.1. The van der Waals surface area contributed by atoms with E-state index in [1.54, 1.807) is 0 Å². The fourth-order valence-electron chi connectivity index (χ4n) is 7.91. The molecule has 0 amide bonds. The molecule has 0 aromatic carbocycles. The summed E-state index contributed by atoms with van der Waals surface area (Å²) in [6.07, 6.45) is 27.0. The van der Waals surface area contributed by atoms with Crippen LogP contribution in [0, 0.1) is 0 Å². The highest BCUT2D eigenvalue weighted by Crippen LogP contribution is 2.26. The van der Waals surface area contributed by atoms with Gasteiger partial charge in [-0.1, -0.05) is 146 Å². The molecule has 0 aromatic rings. The third-order valence-electron chi connectivity index (χ3n) is 12.3. The normalized spacial score (nSPS) is 26.1. The van der Waals surface area contributed by atoms with Crippen molar-refractivity contribution in [2.75, 3.05) is 26.4 Å². The molecule has 2 fully saturated rings. The summed E-state index contributed by atoms with van der Waals surface area (Å²) >= 11 is 0. The summed E-state index contributed by atoms with van der Waals surface area (Å²) in [6, 6.07) is 0. The summed E-state index contributed by atoms with van der Waals surface area (Å²) in [7, 11) is 0. The lowest BCUT2D eigenvalue weighted by Gasteiger charge is -2.42. The van der Waals surface area contributed by atoms with E-state index < -0.39 is 99.3 Å². The van der Waals surface area contributed by atoms with E-state index in [4.69, 9.17) is 28.4 Å². The monoisotopic (exact) mass is 969 g/mol. The minimum absolute atomic E-state index is 0.152. The smallest absolute Gasteiger partial charge is 0.306 e. The van der Waals surface area contributed by atoms with Crippen molar-refractivity contribution in [3.63, 3.8) is 0 Å². The molecule has 0 aliphatic carbocycles. The third-order valence-corrected chi connectivity index (χ3v) is 12.3. The summed E-state index contributed by atoms with van der Waals surface area (Å²) < 4.78 is 33.6. The quantitative estimate of drug-likeness (QED) is 0.0179. The van der Waals surface area contributed by atoms with Gasteiger partial charge in [-0.15, -0.1) is 0 Å². The van der Waals surface area contributed by atoms with Crippen LogP contribution in [0.4, 0.5) is 0 Å². The van der Waals surface area contributed by atoms with Gasteiger partial charge >= 0.3 is 11.9 Å². The van der Waals surface area contributed by atoms with Crippen molar-refractivity contribution in [2.24, 2.45) is 0 Å². The topological polar surface area (TPSA) is 231 Å². The lowest BCUT2D eigenvalue weighted by molar-refractivity contribution is -0.332. The largest absolute Gasteiger partial charge is 0.462 e. The molecular formula is C53H92O15. The Labute approximate surface area is 408 Å². The number of ether oxygens (including phenoxy) is 6. The number of aliphatic hydroxyl groups is 7. The van der Waals surface area contributed by atoms with Gasteiger partial charge in [0, 0.05) is 12.8 Å². The Morgan fingerprint density at radius 1 is 0.471 bits per heavy atom. The molecule has 0 bridgehead atoms. The second-order valence-corrected chi connectivity index (χ2v) is 18.3. The Morgan fingerprint density at radius 3 is 1.41 bits per heavy atom. The molecule has 68 heavy (non-hydrogen) atoms. The third kappa shape index (κ3) is 27.7. The highest BCUT2D eigenvalue weighted by atomic mass is 16.7. The number of allylic oxidation sites excluding steroid dienone is 8. The molecule has 2 saturated heterocycles. The van der Waals surface area contributed by atoms with Crippen LogP contribution in [0.1, 0.15) is 181 Å². The first-order valence-electron chi connectivity index (χ1n) is 26.2. The van der Waals surface area contributed by atoms with Crippen LogP contribution in [0.25, 0.3) is 0 Å². The average molecular weight is 969 g/mol. The molecule has 0 spiro atoms. The van der Waals surface area contributed by atoms with E-state index in [1.807, 2.05) is 0 Å². The molecule has 2 aliphatic rings. The molecule has 15 nitrogen and oxygen atoms in total. The van der Waals surface area contributed by atoms with Crippen LogP contribution < -0.4 is 0 Å². The van der Waals surface area contributed by atoms with E-state index in [2.05, 4.69) is 62.5 Å². The number of unbranched alkanes of at least 4 members (excludes halogenated alkanes) is 18. The minimum Gasteiger partial charge on any atom is -0.462 e. The molecule has 11 atom stereocenters. The highest BCUT2D eigenvalue weighted by Gasteiger charge is 2.47. The number of carbonyl (C=O) groups excluding carboxylic acids is 2. The van der Waals surface area contributed by atoms with E-state index in [0.717, 1.165) is 96.3 Å². The molecule has 2 aliphatic heterocycles. The zero-order chi connectivity index (χ0) is 49.6. The molecule has 11 unspecified atom stereocenters. The first-order chi connectivity index (χ1) is 33.0. The molecule has 0 radical (unpaired) electrons. The summed E-state index contributed by atoms with van der Waals surface area (Å²) in [6.45, 7) is 2.51. The fourth-order valence-corrected chi connectivity index (χ4v) is 7.91. The maximum Gasteiger partial charge on any atom is 0.306 e. The average Bonchev–Trinajstić information content (AvgIpc) is 3.33. The Kier molecular flexibility index (Phi) is 36.3. The predicted molar refractivity (Wildman–Crippen MR) is 261 cm³/mol. The van der Waals surface area contributed by atoms with Crippen LogP contribution in [-0.4, -0.2) is 142 Å². The van der Waals surface area contributed by atoms with Gasteiger partial charge in [-0.05, 0) is 70.6 Å². The molecule has 2 rings (SSSR count). The van der Waals surface area contributed by atoms with Crippen molar-refractivity contribution in [3.05, 3.63) is 48.6 Å². The molecular weight excluding hydrogens is 877 g/mol. The standard InChI is InChI=1S/C53H92O15/c1-3-5-7-9-11-13-15-17-19-20-21-22-24-26-28-30-32-34-36-45(56)66-41(38-63-44(55)35-33-31-29-27-25-23-18-16-14-12-10-8-6-4-2)39-64-52-51(62)49(60)47(58)43(68-52)40-65-53-50(61)48(59)46(57)42(37-54)67-53/h10,12-13,15-16,18-20,41-43,46-54,57-62H,3-9,11,14,17,21-40H2,1-2H3/b12-10-,15-13-,18-16-,20-19-. The van der Waals surface area contributed by atoms with Crippen LogP contribution in [0.3, 0.4) is 0 Å². The number of hydrogen-bond donors (Lipinski definition) is 7. The van der Waals surface area contributed by atoms with Gasteiger partial charge in [0.1, 0.15) is 55.4 Å². The Morgan fingerprint density at radius 2 is 0.897 bits per heavy atom. The van der Waals surface area contributed by atoms with Crippen LogP contribution in [0.15, 0.2) is 48.6 Å². The maximum absolute atomic E-state index is 13.0. The SMILES string of the molecule is CCCC/C=C\C/C=C\CCCCCCCC(=O)OCC(COC1OC(COC2OC(CO)C(O)C(O)C2O)C(O)C(O)C1O)OC(=O)CCCCCCCCC/C=C\C/C=C\CCCCCC. The van der Waals surface area contributed by atoms with Gasteiger partial charge in [-0.3, -0.25) is 9.59 Å². The van der Waals surface area contributed by atoms with Crippen molar-refractivity contribution in [2.45, 2.75) is 248 Å². The van der Waals surface area contributed by atoms with Crippen molar-refractivity contribution in [1.82, 2.24) is 0 Å². The molecule has 394 valence electrons. The van der Waals surface area contributed by atoms with Crippen LogP contribution in [0.2, 0.25) is 0 Å². The molecule has 0 saturated carbocycles. The van der Waals surface area contributed by atoms with Gasteiger partial charge in [0.05, 0.1) is 19.8 Å². The molecule has 7 N–H and O–H groups in total. The molecule has 2 heterocycles. The summed E-state index contributed by atoms with van der Waals surface area (Å²) in [5, 5.41) is 72.1. The van der Waals surface area contributed by atoms with E-state index in [0.29, 0.717) is 12.8 Å². The van der Waals surface area contributed by atoms with Crippen molar-refractivity contribution >= 4 is 11.9 Å². The Bertz CT molecular complexity index is 1370. The van der Waals surface area contributed by atoms with Gasteiger partial charge in [0.2, 0.25) is 0 Å². The van der Waals surface area contributed by atoms with Gasteiger partial charge in [-0.2, -0.15) is 0 Å². The van der Waals surface area contributed by atoms with Crippen LogP contribution in [0.5, 0.6) is 0 Å². The molecule has 15 heteroatoms. The van der Waals surface area contributed by atoms with Crippen molar-refractivity contribution in [3.8, 4) is 0 Å². The Hall–Kier alpha value is -2.54. The zero-order valence-electron chi connectivity index (χ0n) is 41.6. The first-order valence-corrected chi connectivity index (χ1v) is 26.2. The number of carbonyl (C=O) groups is 2. The van der Waals surface area contributed by atoms with E-state index in [-0.39, 0.29) is 19.4 Å². The lowest BCUT2D eigenvalue weighted by Crippen LogP contribution is -2.61. The maximum atomic E-state index is 13.0. The van der Waals surface area contributed by atoms with Crippen molar-refractivity contribution < 1.29 is 73.8 Å². The zero-order valence-corrected chi connectivity index (χ0v) is 41.6. The van der Waals surface area contributed by atoms with E-state index in [9.17, 15) is 45.3 Å². The van der Waals surface area contributed by atoms with Crippen molar-refractivity contribution in [1.29, 1.82) is 0 Å². The minimum atomic E-state index is -1.77. The second-order valence-electron chi connectivity index (χ2n) is 18.3. The van der Waals surface area contributed by atoms with E-state index >= 15 is 0 Å².